The normalized spacial score (nSPS) is 15.5. The fraction of sp³-hybridized carbons (Fsp3) is 0.0556. The number of nitrogens with zero attached hydrogens (tertiary/aromatic N) is 1. The van der Waals surface area contributed by atoms with E-state index in [1.807, 2.05) is 24.3 Å². The number of hydrogen-bond acceptors (Lipinski definition) is 4. The van der Waals surface area contributed by atoms with Crippen molar-refractivity contribution < 1.29 is 19.5 Å². The predicted molar refractivity (Wildman–Crippen MR) is 89.5 cm³/mol. The molecule has 120 valence electrons. The minimum atomic E-state index is -1.49. The molecule has 24 heavy (non-hydrogen) atoms. The van der Waals surface area contributed by atoms with Crippen molar-refractivity contribution in [2.24, 2.45) is 0 Å². The maximum Gasteiger partial charge on any atom is 0.261 e. The van der Waals surface area contributed by atoms with Crippen LogP contribution in [0.1, 0.15) is 21.5 Å². The van der Waals surface area contributed by atoms with Crippen molar-refractivity contribution >= 4 is 45.4 Å². The van der Waals surface area contributed by atoms with Crippen LogP contribution in [-0.4, -0.2) is 29.2 Å². The van der Waals surface area contributed by atoms with Gasteiger partial charge < -0.3 is 9.90 Å². The molecule has 0 saturated heterocycles. The number of rotatable bonds is 3. The second-order valence-electron chi connectivity index (χ2n) is 5.22. The minimum absolute atomic E-state index is 0.272. The number of benzene rings is 2. The van der Waals surface area contributed by atoms with Gasteiger partial charge in [0.25, 0.3) is 11.8 Å². The highest BCUT2D eigenvalue weighted by molar-refractivity contribution is 9.10. The number of carbonyl (C=O) groups excluding carboxylic acids is 3. The molecule has 0 N–H and O–H groups in total. The van der Waals surface area contributed by atoms with Crippen LogP contribution in [0.2, 0.25) is 0 Å². The molecule has 0 bridgehead atoms. The molecule has 0 saturated carbocycles. The van der Waals surface area contributed by atoms with Crippen molar-refractivity contribution in [3.8, 4) is 0 Å². The Kier molecular flexibility index (Phi) is 4.31. The monoisotopic (exact) mass is 384 g/mol. The number of hydrogen-bond donors (Lipinski definition) is 0. The van der Waals surface area contributed by atoms with Crippen LogP contribution in [0.25, 0.3) is 11.6 Å². The van der Waals surface area contributed by atoms with Crippen LogP contribution in [0.4, 0.5) is 0 Å². The van der Waals surface area contributed by atoms with E-state index in [0.29, 0.717) is 16.0 Å². The van der Waals surface area contributed by atoms with Gasteiger partial charge in [-0.1, -0.05) is 46.3 Å². The fourth-order valence-electron chi connectivity index (χ4n) is 2.54. The molecule has 0 aliphatic carbocycles. The summed E-state index contributed by atoms with van der Waals surface area (Å²) >= 11 is 3.34. The highest BCUT2D eigenvalue weighted by Crippen LogP contribution is 2.30. The maximum atomic E-state index is 12.6. The van der Waals surface area contributed by atoms with Gasteiger partial charge >= 0.3 is 0 Å². The van der Waals surface area contributed by atoms with E-state index in [0.717, 1.165) is 10.0 Å². The lowest BCUT2D eigenvalue weighted by atomic mass is 9.92. The molecule has 0 radical (unpaired) electrons. The van der Waals surface area contributed by atoms with Crippen molar-refractivity contribution in [1.82, 2.24) is 4.90 Å². The van der Waals surface area contributed by atoms with Crippen LogP contribution in [0.3, 0.4) is 0 Å². The lowest BCUT2D eigenvalue weighted by molar-refractivity contribution is -0.305. The molecule has 2 amide bonds. The summed E-state index contributed by atoms with van der Waals surface area (Å²) in [5.41, 5.74) is 1.82. The third-order valence-electron chi connectivity index (χ3n) is 3.64. The molecule has 0 unspecified atom stereocenters. The summed E-state index contributed by atoms with van der Waals surface area (Å²) in [5, 5.41) is 10.9. The van der Waals surface area contributed by atoms with Crippen LogP contribution in [0, 0.1) is 0 Å². The third-order valence-corrected chi connectivity index (χ3v) is 4.17. The van der Waals surface area contributed by atoms with Crippen molar-refractivity contribution in [3.63, 3.8) is 0 Å². The van der Waals surface area contributed by atoms with E-state index in [4.69, 9.17) is 0 Å². The Morgan fingerprint density at radius 2 is 1.62 bits per heavy atom. The highest BCUT2D eigenvalue weighted by Gasteiger charge is 2.34. The van der Waals surface area contributed by atoms with E-state index in [1.54, 1.807) is 30.3 Å². The molecule has 0 aromatic heterocycles. The molecular formula is C18H11BrNO4-. The van der Waals surface area contributed by atoms with Crippen molar-refractivity contribution in [1.29, 1.82) is 0 Å². The molecule has 2 aromatic rings. The number of carboxylic acid groups (broad SMARTS) is 1. The topological polar surface area (TPSA) is 77.5 Å². The number of amides is 2. The number of imide groups is 1. The summed E-state index contributed by atoms with van der Waals surface area (Å²) in [4.78, 5) is 36.6. The van der Waals surface area contributed by atoms with Crippen LogP contribution in [0.5, 0.6) is 0 Å². The Morgan fingerprint density at radius 1 is 1.00 bits per heavy atom. The summed E-state index contributed by atoms with van der Waals surface area (Å²) in [6, 6.07) is 13.9. The zero-order chi connectivity index (χ0) is 17.3. The Balaban J connectivity index is 2.14. The standard InChI is InChI=1S/C18H12BrNO4/c19-12-7-5-11(6-8-12)9-15-13-3-1-2-4-14(13)17(23)20(18(15)24)10-16(21)22/h1-9H,10H2,(H,21,22)/p-1/b15-9-. The summed E-state index contributed by atoms with van der Waals surface area (Å²) in [6.45, 7) is -0.774. The third kappa shape index (κ3) is 3.00. The van der Waals surface area contributed by atoms with Gasteiger partial charge in [-0.05, 0) is 35.4 Å². The van der Waals surface area contributed by atoms with E-state index in [1.165, 1.54) is 0 Å². The van der Waals surface area contributed by atoms with Crippen LogP contribution >= 0.6 is 15.9 Å². The molecule has 2 aromatic carbocycles. The van der Waals surface area contributed by atoms with E-state index in [9.17, 15) is 19.5 Å². The molecule has 0 atom stereocenters. The van der Waals surface area contributed by atoms with Crippen LogP contribution in [-0.2, 0) is 9.59 Å². The number of aliphatic carboxylic acids is 1. The number of carboxylic acids is 1. The van der Waals surface area contributed by atoms with Gasteiger partial charge in [-0.3, -0.25) is 14.5 Å². The second kappa shape index (κ2) is 6.41. The molecule has 1 aliphatic rings. The average molecular weight is 385 g/mol. The van der Waals surface area contributed by atoms with E-state index >= 15 is 0 Å². The summed E-state index contributed by atoms with van der Waals surface area (Å²) < 4.78 is 0.897. The Labute approximate surface area is 146 Å². The van der Waals surface area contributed by atoms with Gasteiger partial charge in [-0.2, -0.15) is 0 Å². The van der Waals surface area contributed by atoms with Crippen LogP contribution in [0.15, 0.2) is 53.0 Å². The van der Waals surface area contributed by atoms with Gasteiger partial charge in [0.2, 0.25) is 0 Å². The fourth-order valence-corrected chi connectivity index (χ4v) is 2.80. The summed E-state index contributed by atoms with van der Waals surface area (Å²) in [6.07, 6.45) is 1.64. The zero-order valence-electron chi connectivity index (χ0n) is 12.4. The second-order valence-corrected chi connectivity index (χ2v) is 6.14. The number of fused-ring (bicyclic) bond motifs is 1. The first-order valence-corrected chi connectivity index (χ1v) is 7.89. The molecule has 1 aliphatic heterocycles. The summed E-state index contributed by atoms with van der Waals surface area (Å²) in [7, 11) is 0. The van der Waals surface area contributed by atoms with Crippen molar-refractivity contribution in [2.75, 3.05) is 6.54 Å². The first kappa shape index (κ1) is 16.1. The summed E-state index contributed by atoms with van der Waals surface area (Å²) in [5.74, 6) is -2.77. The molecule has 5 nitrogen and oxygen atoms in total. The van der Waals surface area contributed by atoms with Crippen LogP contribution < -0.4 is 5.11 Å². The van der Waals surface area contributed by atoms with Gasteiger partial charge in [0.1, 0.15) is 0 Å². The minimum Gasteiger partial charge on any atom is -0.548 e. The first-order chi connectivity index (χ1) is 11.5. The Hall–Kier alpha value is -2.73. The molecule has 3 rings (SSSR count). The SMILES string of the molecule is O=C([O-])CN1C(=O)/C(=C\c2ccc(Br)cc2)c2ccccc2C1=O. The average Bonchev–Trinajstić information content (AvgIpc) is 2.57. The van der Waals surface area contributed by atoms with Gasteiger partial charge in [0, 0.05) is 15.6 Å². The van der Waals surface area contributed by atoms with Gasteiger partial charge in [0.05, 0.1) is 12.5 Å². The van der Waals surface area contributed by atoms with Gasteiger partial charge in [-0.25, -0.2) is 0 Å². The van der Waals surface area contributed by atoms with Gasteiger partial charge in [0.15, 0.2) is 0 Å². The largest absolute Gasteiger partial charge is 0.548 e. The lowest BCUT2D eigenvalue weighted by Crippen LogP contribution is -2.47. The highest BCUT2D eigenvalue weighted by atomic mass is 79.9. The molecule has 0 spiro atoms. The molecule has 0 fully saturated rings. The lowest BCUT2D eigenvalue weighted by Gasteiger charge is -2.28. The predicted octanol–water partition coefficient (Wildman–Crippen LogP) is 1.72. The first-order valence-electron chi connectivity index (χ1n) is 7.10. The van der Waals surface area contributed by atoms with Crippen molar-refractivity contribution in [2.45, 2.75) is 0 Å². The number of carbonyl (C=O) groups is 3. The molecule has 6 heteroatoms. The van der Waals surface area contributed by atoms with E-state index < -0.39 is 24.3 Å². The van der Waals surface area contributed by atoms with Crippen molar-refractivity contribution in [3.05, 3.63) is 69.7 Å². The van der Waals surface area contributed by atoms with E-state index in [-0.39, 0.29) is 5.57 Å². The Bertz CT molecular complexity index is 871. The number of halogens is 1. The zero-order valence-corrected chi connectivity index (χ0v) is 13.9. The Morgan fingerprint density at radius 3 is 2.25 bits per heavy atom. The molecular weight excluding hydrogens is 374 g/mol. The van der Waals surface area contributed by atoms with E-state index in [2.05, 4.69) is 15.9 Å². The van der Waals surface area contributed by atoms with Gasteiger partial charge in [-0.15, -0.1) is 0 Å². The maximum absolute atomic E-state index is 12.6. The smallest absolute Gasteiger partial charge is 0.261 e. The molecule has 1 heterocycles. The quantitative estimate of drug-likeness (QED) is 0.596.